The third kappa shape index (κ3) is 2.29. The summed E-state index contributed by atoms with van der Waals surface area (Å²) in [6.07, 6.45) is 2.28. The first-order chi connectivity index (χ1) is 11.3. The van der Waals surface area contributed by atoms with Crippen LogP contribution in [0.15, 0.2) is 21.9 Å². The molecule has 9 heteroatoms. The Labute approximate surface area is 135 Å². The number of carboxylic acid groups (broad SMARTS) is 1. The molecule has 1 N–H and O–H groups in total. The van der Waals surface area contributed by atoms with Crippen molar-refractivity contribution in [1.82, 2.24) is 19.0 Å². The molecule has 3 rings (SSSR count). The normalized spacial score (nSPS) is 17.4. The van der Waals surface area contributed by atoms with E-state index in [0.29, 0.717) is 19.4 Å². The average Bonchev–Trinajstić information content (AvgIpc) is 3.06. The van der Waals surface area contributed by atoms with E-state index < -0.39 is 29.2 Å². The molecule has 1 aliphatic heterocycles. The lowest BCUT2D eigenvalue weighted by atomic mass is 10.1. The van der Waals surface area contributed by atoms with Crippen molar-refractivity contribution >= 4 is 22.9 Å². The summed E-state index contributed by atoms with van der Waals surface area (Å²) >= 11 is 0. The van der Waals surface area contributed by atoms with Gasteiger partial charge in [-0.25, -0.2) is 14.6 Å². The van der Waals surface area contributed by atoms with Gasteiger partial charge in [0.1, 0.15) is 11.7 Å². The van der Waals surface area contributed by atoms with E-state index in [1.165, 1.54) is 35.8 Å². The summed E-state index contributed by atoms with van der Waals surface area (Å²) in [7, 11) is 2.83. The summed E-state index contributed by atoms with van der Waals surface area (Å²) in [5, 5.41) is 9.33. The van der Waals surface area contributed by atoms with Crippen molar-refractivity contribution in [1.29, 1.82) is 0 Å². The Kier molecular flexibility index (Phi) is 3.70. The standard InChI is InChI=1S/C15H16N4O5/c1-17-11-9(13(21)18(2)15(17)24)6-8(7-16-11)12(20)19-5-3-4-10(19)14(22)23/h6-7,10H,3-5H2,1-2H3,(H,22,23)/t10-/m0/s1. The molecule has 0 bridgehead atoms. The number of nitrogens with zero attached hydrogens (tertiary/aromatic N) is 4. The number of rotatable bonds is 2. The maximum Gasteiger partial charge on any atom is 0.332 e. The zero-order valence-corrected chi connectivity index (χ0v) is 13.2. The van der Waals surface area contributed by atoms with Crippen LogP contribution in [0.25, 0.3) is 11.0 Å². The first-order valence-electron chi connectivity index (χ1n) is 7.42. The van der Waals surface area contributed by atoms with Gasteiger partial charge in [-0.3, -0.25) is 18.7 Å². The van der Waals surface area contributed by atoms with Gasteiger partial charge in [-0.1, -0.05) is 0 Å². The Morgan fingerprint density at radius 2 is 1.96 bits per heavy atom. The highest BCUT2D eigenvalue weighted by molar-refractivity contribution is 5.98. The number of hydrogen-bond donors (Lipinski definition) is 1. The molecule has 1 fully saturated rings. The van der Waals surface area contributed by atoms with Crippen LogP contribution < -0.4 is 11.2 Å². The van der Waals surface area contributed by atoms with Crippen molar-refractivity contribution in [2.45, 2.75) is 18.9 Å². The molecule has 0 aliphatic carbocycles. The van der Waals surface area contributed by atoms with Crippen molar-refractivity contribution in [3.8, 4) is 0 Å². The van der Waals surface area contributed by atoms with Crippen LogP contribution in [0.1, 0.15) is 23.2 Å². The Balaban J connectivity index is 2.12. The summed E-state index contributed by atoms with van der Waals surface area (Å²) in [6.45, 7) is 0.346. The van der Waals surface area contributed by atoms with E-state index in [0.717, 1.165) is 4.57 Å². The van der Waals surface area contributed by atoms with Crippen molar-refractivity contribution in [2.75, 3.05) is 6.54 Å². The van der Waals surface area contributed by atoms with Crippen LogP contribution in [0.5, 0.6) is 0 Å². The second kappa shape index (κ2) is 5.59. The smallest absolute Gasteiger partial charge is 0.332 e. The molecule has 0 radical (unpaired) electrons. The Hall–Kier alpha value is -2.97. The minimum Gasteiger partial charge on any atom is -0.480 e. The Morgan fingerprint density at radius 3 is 2.62 bits per heavy atom. The molecule has 1 saturated heterocycles. The molecule has 1 atom stereocenters. The molecule has 0 aromatic carbocycles. The quantitative estimate of drug-likeness (QED) is 0.779. The van der Waals surface area contributed by atoms with Crippen molar-refractivity contribution in [3.05, 3.63) is 38.7 Å². The van der Waals surface area contributed by atoms with Gasteiger partial charge >= 0.3 is 11.7 Å². The highest BCUT2D eigenvalue weighted by atomic mass is 16.4. The molecule has 0 saturated carbocycles. The Bertz CT molecular complexity index is 974. The Morgan fingerprint density at radius 1 is 1.25 bits per heavy atom. The van der Waals surface area contributed by atoms with Gasteiger partial charge in [-0.2, -0.15) is 0 Å². The van der Waals surface area contributed by atoms with E-state index in [-0.39, 0.29) is 16.6 Å². The lowest BCUT2D eigenvalue weighted by Crippen LogP contribution is -2.41. The molecule has 0 unspecified atom stereocenters. The number of aromatic nitrogens is 3. The monoisotopic (exact) mass is 332 g/mol. The molecule has 2 aromatic heterocycles. The maximum atomic E-state index is 12.6. The van der Waals surface area contributed by atoms with E-state index in [1.807, 2.05) is 0 Å². The number of carbonyl (C=O) groups is 2. The highest BCUT2D eigenvalue weighted by Crippen LogP contribution is 2.20. The van der Waals surface area contributed by atoms with E-state index in [9.17, 15) is 24.3 Å². The molecule has 3 heterocycles. The third-order valence-corrected chi connectivity index (χ3v) is 4.34. The predicted molar refractivity (Wildman–Crippen MR) is 83.9 cm³/mol. The summed E-state index contributed by atoms with van der Waals surface area (Å²) < 4.78 is 2.16. The molecule has 0 spiro atoms. The zero-order chi connectivity index (χ0) is 17.6. The highest BCUT2D eigenvalue weighted by Gasteiger charge is 2.34. The molecular weight excluding hydrogens is 316 g/mol. The fourth-order valence-corrected chi connectivity index (χ4v) is 3.01. The fraction of sp³-hybridized carbons (Fsp3) is 0.400. The number of amides is 1. The van der Waals surface area contributed by atoms with Crippen LogP contribution in [0, 0.1) is 0 Å². The molecule has 24 heavy (non-hydrogen) atoms. The number of carboxylic acids is 1. The van der Waals surface area contributed by atoms with Gasteiger partial charge in [-0.05, 0) is 18.9 Å². The molecule has 1 aliphatic rings. The summed E-state index contributed by atoms with van der Waals surface area (Å²) in [4.78, 5) is 53.3. The first kappa shape index (κ1) is 15.9. The van der Waals surface area contributed by atoms with Crippen LogP contribution in [0.4, 0.5) is 0 Å². The molecule has 1 amide bonds. The largest absolute Gasteiger partial charge is 0.480 e. The minimum atomic E-state index is -1.05. The van der Waals surface area contributed by atoms with Gasteiger partial charge in [0.25, 0.3) is 11.5 Å². The summed E-state index contributed by atoms with van der Waals surface area (Å²) in [5.41, 5.74) is -0.752. The van der Waals surface area contributed by atoms with Gasteiger partial charge in [0.05, 0.1) is 10.9 Å². The van der Waals surface area contributed by atoms with Gasteiger partial charge in [0, 0.05) is 26.8 Å². The number of aryl methyl sites for hydroxylation is 1. The summed E-state index contributed by atoms with van der Waals surface area (Å²) in [6, 6.07) is 0.500. The second-order valence-electron chi connectivity index (χ2n) is 5.80. The number of hydrogen-bond acceptors (Lipinski definition) is 5. The van der Waals surface area contributed by atoms with Gasteiger partial charge in [-0.15, -0.1) is 0 Å². The lowest BCUT2D eigenvalue weighted by molar-refractivity contribution is -0.141. The van der Waals surface area contributed by atoms with Crippen LogP contribution in [-0.4, -0.2) is 48.6 Å². The number of aliphatic carboxylic acids is 1. The van der Waals surface area contributed by atoms with Gasteiger partial charge < -0.3 is 10.0 Å². The van der Waals surface area contributed by atoms with Gasteiger partial charge in [0.2, 0.25) is 0 Å². The van der Waals surface area contributed by atoms with Crippen molar-refractivity contribution < 1.29 is 14.7 Å². The zero-order valence-electron chi connectivity index (χ0n) is 13.2. The van der Waals surface area contributed by atoms with Crippen LogP contribution in [0.3, 0.4) is 0 Å². The number of likely N-dealkylation sites (tertiary alicyclic amines) is 1. The molecule has 126 valence electrons. The van der Waals surface area contributed by atoms with Gasteiger partial charge in [0.15, 0.2) is 0 Å². The van der Waals surface area contributed by atoms with Crippen LogP contribution in [-0.2, 0) is 18.9 Å². The van der Waals surface area contributed by atoms with E-state index >= 15 is 0 Å². The van der Waals surface area contributed by atoms with Crippen molar-refractivity contribution in [3.63, 3.8) is 0 Å². The lowest BCUT2D eigenvalue weighted by Gasteiger charge is -2.21. The molecule has 2 aromatic rings. The fourth-order valence-electron chi connectivity index (χ4n) is 3.01. The maximum absolute atomic E-state index is 12.6. The molecular formula is C15H16N4O5. The molecule has 9 nitrogen and oxygen atoms in total. The first-order valence-corrected chi connectivity index (χ1v) is 7.42. The number of carbonyl (C=O) groups excluding carboxylic acids is 1. The predicted octanol–water partition coefficient (Wildman–Crippen LogP) is -0.679. The minimum absolute atomic E-state index is 0.131. The topological polar surface area (TPSA) is 114 Å². The second-order valence-corrected chi connectivity index (χ2v) is 5.80. The number of pyridine rings is 1. The average molecular weight is 332 g/mol. The van der Waals surface area contributed by atoms with Crippen LogP contribution in [0.2, 0.25) is 0 Å². The third-order valence-electron chi connectivity index (χ3n) is 4.34. The van der Waals surface area contributed by atoms with E-state index in [1.54, 1.807) is 0 Å². The van der Waals surface area contributed by atoms with E-state index in [2.05, 4.69) is 4.98 Å². The van der Waals surface area contributed by atoms with Crippen molar-refractivity contribution in [2.24, 2.45) is 14.1 Å². The SMILES string of the molecule is Cn1c(=O)c2cc(C(=O)N3CCC[C@H]3C(=O)O)cnc2n(C)c1=O. The number of fused-ring (bicyclic) bond motifs is 1. The summed E-state index contributed by atoms with van der Waals surface area (Å²) in [5.74, 6) is -1.53. The van der Waals surface area contributed by atoms with E-state index in [4.69, 9.17) is 0 Å². The van der Waals surface area contributed by atoms with Crippen LogP contribution >= 0.6 is 0 Å².